The van der Waals surface area contributed by atoms with Gasteiger partial charge < -0.3 is 4.74 Å². The third kappa shape index (κ3) is 3.69. The first-order valence-corrected chi connectivity index (χ1v) is 7.67. The lowest BCUT2D eigenvalue weighted by atomic mass is 9.78. The van der Waals surface area contributed by atoms with Gasteiger partial charge in [0.25, 0.3) is 0 Å². The first-order chi connectivity index (χ1) is 9.78. The number of alkyl halides is 1. The van der Waals surface area contributed by atoms with Crippen molar-refractivity contribution in [1.82, 2.24) is 0 Å². The van der Waals surface area contributed by atoms with Crippen LogP contribution in [0.3, 0.4) is 0 Å². The minimum Gasteiger partial charge on any atom is -0.373 e. The SMILES string of the molecule is C=CC(CC)COC(c1ccc(CF)cc1)C1CCC1. The van der Waals surface area contributed by atoms with Gasteiger partial charge in [-0.3, -0.25) is 0 Å². The lowest BCUT2D eigenvalue weighted by Gasteiger charge is -2.34. The van der Waals surface area contributed by atoms with Gasteiger partial charge in [-0.15, -0.1) is 6.58 Å². The van der Waals surface area contributed by atoms with E-state index < -0.39 is 6.67 Å². The van der Waals surface area contributed by atoms with Crippen molar-refractivity contribution >= 4 is 0 Å². The molecule has 1 saturated carbocycles. The number of halogens is 1. The van der Waals surface area contributed by atoms with Gasteiger partial charge in [0.2, 0.25) is 0 Å². The van der Waals surface area contributed by atoms with E-state index in [2.05, 4.69) is 13.5 Å². The molecule has 2 atom stereocenters. The topological polar surface area (TPSA) is 9.23 Å². The zero-order valence-corrected chi connectivity index (χ0v) is 12.4. The van der Waals surface area contributed by atoms with E-state index in [1.54, 1.807) is 0 Å². The molecule has 0 aromatic heterocycles. The Hall–Kier alpha value is -1.15. The summed E-state index contributed by atoms with van der Waals surface area (Å²) in [6.45, 7) is 6.35. The van der Waals surface area contributed by atoms with E-state index >= 15 is 0 Å². The van der Waals surface area contributed by atoms with Gasteiger partial charge >= 0.3 is 0 Å². The Kier molecular flexibility index (Phi) is 5.78. The quantitative estimate of drug-likeness (QED) is 0.591. The van der Waals surface area contributed by atoms with E-state index in [0.29, 0.717) is 11.8 Å². The summed E-state index contributed by atoms with van der Waals surface area (Å²) in [5.41, 5.74) is 1.92. The van der Waals surface area contributed by atoms with Crippen molar-refractivity contribution in [2.75, 3.05) is 6.61 Å². The lowest BCUT2D eigenvalue weighted by Crippen LogP contribution is -2.24. The third-order valence-corrected chi connectivity index (χ3v) is 4.39. The highest BCUT2D eigenvalue weighted by molar-refractivity contribution is 5.24. The van der Waals surface area contributed by atoms with E-state index in [4.69, 9.17) is 4.74 Å². The van der Waals surface area contributed by atoms with Crippen LogP contribution in [-0.4, -0.2) is 6.61 Å². The Labute approximate surface area is 121 Å². The Bertz CT molecular complexity index is 408. The number of ether oxygens (including phenoxy) is 1. The number of hydrogen-bond acceptors (Lipinski definition) is 1. The first-order valence-electron chi connectivity index (χ1n) is 7.67. The van der Waals surface area contributed by atoms with Crippen molar-refractivity contribution in [2.24, 2.45) is 11.8 Å². The highest BCUT2D eigenvalue weighted by Crippen LogP contribution is 2.40. The fourth-order valence-electron chi connectivity index (χ4n) is 2.62. The summed E-state index contributed by atoms with van der Waals surface area (Å²) >= 11 is 0. The van der Waals surface area contributed by atoms with Crippen molar-refractivity contribution in [2.45, 2.75) is 45.4 Å². The van der Waals surface area contributed by atoms with E-state index in [0.717, 1.165) is 18.6 Å². The molecule has 1 fully saturated rings. The molecule has 0 heterocycles. The average Bonchev–Trinajstić information content (AvgIpc) is 2.45. The monoisotopic (exact) mass is 276 g/mol. The molecule has 1 aliphatic rings. The predicted octanol–water partition coefficient (Wildman–Crippen LogP) is 5.23. The second kappa shape index (κ2) is 7.58. The maximum absolute atomic E-state index is 12.6. The second-order valence-electron chi connectivity index (χ2n) is 5.72. The van der Waals surface area contributed by atoms with Crippen molar-refractivity contribution in [3.05, 3.63) is 48.0 Å². The van der Waals surface area contributed by atoms with Crippen LogP contribution in [0.1, 0.15) is 49.8 Å². The predicted molar refractivity (Wildman–Crippen MR) is 81.3 cm³/mol. The number of hydrogen-bond donors (Lipinski definition) is 0. The fraction of sp³-hybridized carbons (Fsp3) is 0.556. The summed E-state index contributed by atoms with van der Waals surface area (Å²) in [5.74, 6) is 1.04. The molecule has 2 rings (SSSR count). The molecule has 0 radical (unpaired) electrons. The highest BCUT2D eigenvalue weighted by atomic mass is 19.1. The molecule has 0 saturated heterocycles. The molecule has 2 heteroatoms. The van der Waals surface area contributed by atoms with Crippen LogP contribution < -0.4 is 0 Å². The van der Waals surface area contributed by atoms with Crippen molar-refractivity contribution in [3.8, 4) is 0 Å². The van der Waals surface area contributed by atoms with Crippen molar-refractivity contribution in [1.29, 1.82) is 0 Å². The fourth-order valence-corrected chi connectivity index (χ4v) is 2.62. The van der Waals surface area contributed by atoms with Gasteiger partial charge in [0.15, 0.2) is 0 Å². The molecule has 1 nitrogen and oxygen atoms in total. The van der Waals surface area contributed by atoms with E-state index in [9.17, 15) is 4.39 Å². The third-order valence-electron chi connectivity index (χ3n) is 4.39. The van der Waals surface area contributed by atoms with Crippen LogP contribution in [0, 0.1) is 11.8 Å². The molecule has 2 unspecified atom stereocenters. The van der Waals surface area contributed by atoms with E-state index in [-0.39, 0.29) is 6.10 Å². The Morgan fingerprint density at radius 2 is 2.05 bits per heavy atom. The van der Waals surface area contributed by atoms with E-state index in [1.165, 1.54) is 24.8 Å². The summed E-state index contributed by atoms with van der Waals surface area (Å²) in [6.07, 6.45) is 6.96. The van der Waals surface area contributed by atoms with Crippen molar-refractivity contribution < 1.29 is 9.13 Å². The first kappa shape index (κ1) is 15.2. The van der Waals surface area contributed by atoms with Crippen LogP contribution in [0.2, 0.25) is 0 Å². The minimum absolute atomic E-state index is 0.159. The van der Waals surface area contributed by atoms with Crippen LogP contribution in [0.25, 0.3) is 0 Å². The standard InChI is InChI=1S/C18H25FO/c1-3-14(4-2)13-20-18(16-6-5-7-16)17-10-8-15(12-19)9-11-17/h3,8-11,14,16,18H,1,4-7,12-13H2,2H3. The maximum atomic E-state index is 12.6. The summed E-state index contributed by atoms with van der Waals surface area (Å²) in [7, 11) is 0. The molecular weight excluding hydrogens is 251 g/mol. The van der Waals surface area contributed by atoms with Crippen molar-refractivity contribution in [3.63, 3.8) is 0 Å². The molecule has 0 amide bonds. The van der Waals surface area contributed by atoms with Gasteiger partial charge in [0.1, 0.15) is 6.67 Å². The van der Waals surface area contributed by atoms with Gasteiger partial charge in [-0.05, 0) is 42.2 Å². The Morgan fingerprint density at radius 1 is 1.35 bits per heavy atom. The zero-order chi connectivity index (χ0) is 14.4. The Balaban J connectivity index is 2.04. The second-order valence-corrected chi connectivity index (χ2v) is 5.72. The molecule has 20 heavy (non-hydrogen) atoms. The molecule has 0 spiro atoms. The van der Waals surface area contributed by atoms with Crippen LogP contribution in [0.5, 0.6) is 0 Å². The van der Waals surface area contributed by atoms with Crippen LogP contribution in [0.15, 0.2) is 36.9 Å². The average molecular weight is 276 g/mol. The molecule has 0 aliphatic heterocycles. The summed E-state index contributed by atoms with van der Waals surface area (Å²) in [6, 6.07) is 7.78. The smallest absolute Gasteiger partial charge is 0.115 e. The zero-order valence-electron chi connectivity index (χ0n) is 12.4. The normalized spacial score (nSPS) is 18.3. The molecule has 1 aliphatic carbocycles. The van der Waals surface area contributed by atoms with Crippen LogP contribution in [-0.2, 0) is 11.4 Å². The summed E-state index contributed by atoms with van der Waals surface area (Å²) in [4.78, 5) is 0. The lowest BCUT2D eigenvalue weighted by molar-refractivity contribution is -0.0262. The summed E-state index contributed by atoms with van der Waals surface area (Å²) < 4.78 is 18.8. The highest BCUT2D eigenvalue weighted by Gasteiger charge is 2.29. The van der Waals surface area contributed by atoms with Gasteiger partial charge in [-0.2, -0.15) is 0 Å². The van der Waals surface area contributed by atoms with Gasteiger partial charge in [0.05, 0.1) is 12.7 Å². The van der Waals surface area contributed by atoms with Gasteiger partial charge in [-0.1, -0.05) is 43.7 Å². The molecule has 1 aromatic rings. The largest absolute Gasteiger partial charge is 0.373 e. The van der Waals surface area contributed by atoms with Gasteiger partial charge in [0, 0.05) is 0 Å². The summed E-state index contributed by atoms with van der Waals surface area (Å²) in [5, 5.41) is 0. The molecular formula is C18H25FO. The van der Waals surface area contributed by atoms with Crippen LogP contribution in [0.4, 0.5) is 4.39 Å². The van der Waals surface area contributed by atoms with Gasteiger partial charge in [-0.25, -0.2) is 4.39 Å². The maximum Gasteiger partial charge on any atom is 0.115 e. The Morgan fingerprint density at radius 3 is 2.50 bits per heavy atom. The number of benzene rings is 1. The van der Waals surface area contributed by atoms with Crippen LogP contribution >= 0.6 is 0 Å². The molecule has 110 valence electrons. The van der Waals surface area contributed by atoms with E-state index in [1.807, 2.05) is 30.3 Å². The number of rotatable bonds is 8. The molecule has 0 bridgehead atoms. The minimum atomic E-state index is -0.399. The molecule has 1 aromatic carbocycles. The molecule has 0 N–H and O–H groups in total.